The van der Waals surface area contributed by atoms with E-state index in [4.69, 9.17) is 23.2 Å². The van der Waals surface area contributed by atoms with Crippen molar-refractivity contribution in [2.24, 2.45) is 0 Å². The Kier molecular flexibility index (Phi) is 4.45. The van der Waals surface area contributed by atoms with Crippen LogP contribution in [0.1, 0.15) is 15.9 Å². The standard InChI is InChI=1S/C13H9BrCl2N2O/c1-7-5-9(14)11(6-10(7)15)18-13(19)8-3-2-4-17-12(8)16/h2-6H,1H3,(H,18,19). The van der Waals surface area contributed by atoms with Gasteiger partial charge in [0.25, 0.3) is 5.91 Å². The van der Waals surface area contributed by atoms with Gasteiger partial charge in [-0.15, -0.1) is 0 Å². The number of anilines is 1. The Labute approximate surface area is 129 Å². The first-order valence-electron chi connectivity index (χ1n) is 5.36. The molecule has 0 spiro atoms. The number of aryl methyl sites for hydroxylation is 1. The largest absolute Gasteiger partial charge is 0.321 e. The minimum absolute atomic E-state index is 0.161. The van der Waals surface area contributed by atoms with Crippen LogP contribution in [0.4, 0.5) is 5.69 Å². The molecule has 0 bridgehead atoms. The lowest BCUT2D eigenvalue weighted by Gasteiger charge is -2.10. The second kappa shape index (κ2) is 5.90. The smallest absolute Gasteiger partial charge is 0.258 e. The summed E-state index contributed by atoms with van der Waals surface area (Å²) in [5.74, 6) is -0.335. The van der Waals surface area contributed by atoms with Crippen molar-refractivity contribution in [3.63, 3.8) is 0 Å². The van der Waals surface area contributed by atoms with Crippen molar-refractivity contribution in [3.8, 4) is 0 Å². The van der Waals surface area contributed by atoms with Crippen LogP contribution in [0.5, 0.6) is 0 Å². The fourth-order valence-corrected chi connectivity index (χ4v) is 2.41. The molecule has 0 fully saturated rings. The second-order valence-corrected chi connectivity index (χ2v) is 5.50. The molecule has 0 saturated heterocycles. The number of hydrogen-bond donors (Lipinski definition) is 1. The van der Waals surface area contributed by atoms with Gasteiger partial charge in [-0.1, -0.05) is 23.2 Å². The summed E-state index contributed by atoms with van der Waals surface area (Å²) in [5.41, 5.74) is 1.82. The molecule has 1 aromatic carbocycles. The molecule has 0 atom stereocenters. The fourth-order valence-electron chi connectivity index (χ4n) is 1.49. The summed E-state index contributed by atoms with van der Waals surface area (Å²) in [6.07, 6.45) is 1.53. The third kappa shape index (κ3) is 3.26. The second-order valence-electron chi connectivity index (χ2n) is 3.88. The zero-order valence-electron chi connectivity index (χ0n) is 9.88. The molecule has 6 heteroatoms. The van der Waals surface area contributed by atoms with Gasteiger partial charge in [0.15, 0.2) is 0 Å². The van der Waals surface area contributed by atoms with Gasteiger partial charge >= 0.3 is 0 Å². The molecule has 1 N–H and O–H groups in total. The van der Waals surface area contributed by atoms with Gasteiger partial charge < -0.3 is 5.32 Å². The lowest BCUT2D eigenvalue weighted by Crippen LogP contribution is -2.13. The predicted molar refractivity (Wildman–Crippen MR) is 81.1 cm³/mol. The number of amides is 1. The molecule has 3 nitrogen and oxygen atoms in total. The van der Waals surface area contributed by atoms with Crippen LogP contribution in [-0.2, 0) is 0 Å². The Bertz CT molecular complexity index is 647. The minimum atomic E-state index is -0.335. The third-order valence-corrected chi connectivity index (χ3v) is 3.86. The summed E-state index contributed by atoms with van der Waals surface area (Å²) in [7, 11) is 0. The van der Waals surface area contributed by atoms with Crippen molar-refractivity contribution in [2.45, 2.75) is 6.92 Å². The monoisotopic (exact) mass is 358 g/mol. The predicted octanol–water partition coefficient (Wildman–Crippen LogP) is 4.71. The zero-order chi connectivity index (χ0) is 14.0. The molecule has 19 heavy (non-hydrogen) atoms. The molecule has 98 valence electrons. The highest BCUT2D eigenvalue weighted by molar-refractivity contribution is 9.10. The van der Waals surface area contributed by atoms with Gasteiger partial charge in [-0.3, -0.25) is 4.79 Å². The number of aromatic nitrogens is 1. The van der Waals surface area contributed by atoms with E-state index in [1.165, 1.54) is 6.20 Å². The van der Waals surface area contributed by atoms with E-state index in [1.54, 1.807) is 18.2 Å². The third-order valence-electron chi connectivity index (χ3n) is 2.50. The Morgan fingerprint density at radius 2 is 2.11 bits per heavy atom. The van der Waals surface area contributed by atoms with E-state index < -0.39 is 0 Å². The Balaban J connectivity index is 2.30. The van der Waals surface area contributed by atoms with Crippen molar-refractivity contribution >= 4 is 50.7 Å². The first-order valence-corrected chi connectivity index (χ1v) is 6.91. The number of carbonyl (C=O) groups is 1. The zero-order valence-corrected chi connectivity index (χ0v) is 13.0. The summed E-state index contributed by atoms with van der Waals surface area (Å²) in [6, 6.07) is 6.78. The number of pyridine rings is 1. The highest BCUT2D eigenvalue weighted by atomic mass is 79.9. The van der Waals surface area contributed by atoms with E-state index in [0.29, 0.717) is 16.3 Å². The van der Waals surface area contributed by atoms with Crippen LogP contribution in [0.15, 0.2) is 34.9 Å². The van der Waals surface area contributed by atoms with Crippen LogP contribution in [0, 0.1) is 6.92 Å². The summed E-state index contributed by atoms with van der Waals surface area (Å²) >= 11 is 15.3. The average Bonchev–Trinajstić information content (AvgIpc) is 2.36. The maximum absolute atomic E-state index is 12.1. The first kappa shape index (κ1) is 14.3. The molecular weight excluding hydrogens is 351 g/mol. The molecule has 2 rings (SSSR count). The molecule has 1 amide bonds. The number of nitrogens with one attached hydrogen (secondary N) is 1. The van der Waals surface area contributed by atoms with Crippen LogP contribution in [-0.4, -0.2) is 10.9 Å². The molecule has 2 aromatic rings. The summed E-state index contributed by atoms with van der Waals surface area (Å²) in [4.78, 5) is 15.9. The van der Waals surface area contributed by atoms with Crippen molar-refractivity contribution < 1.29 is 4.79 Å². The number of nitrogens with zero attached hydrogens (tertiary/aromatic N) is 1. The normalized spacial score (nSPS) is 10.3. The van der Waals surface area contributed by atoms with Gasteiger partial charge in [0, 0.05) is 15.7 Å². The number of halogens is 3. The van der Waals surface area contributed by atoms with Gasteiger partial charge in [-0.25, -0.2) is 4.98 Å². The van der Waals surface area contributed by atoms with Crippen LogP contribution in [0.3, 0.4) is 0 Å². The molecule has 0 aliphatic heterocycles. The molecule has 1 heterocycles. The maximum atomic E-state index is 12.1. The Morgan fingerprint density at radius 3 is 2.79 bits per heavy atom. The number of rotatable bonds is 2. The van der Waals surface area contributed by atoms with Gasteiger partial charge in [0.1, 0.15) is 5.15 Å². The van der Waals surface area contributed by atoms with Crippen molar-refractivity contribution in [2.75, 3.05) is 5.32 Å². The maximum Gasteiger partial charge on any atom is 0.258 e. The van der Waals surface area contributed by atoms with E-state index in [9.17, 15) is 4.79 Å². The molecule has 1 aromatic heterocycles. The minimum Gasteiger partial charge on any atom is -0.321 e. The molecular formula is C13H9BrCl2N2O. The van der Waals surface area contributed by atoms with Gasteiger partial charge in [-0.2, -0.15) is 0 Å². The molecule has 0 saturated carbocycles. The molecule has 0 aliphatic rings. The lowest BCUT2D eigenvalue weighted by atomic mass is 10.2. The van der Waals surface area contributed by atoms with E-state index in [2.05, 4.69) is 26.2 Å². The van der Waals surface area contributed by atoms with Crippen LogP contribution < -0.4 is 5.32 Å². The molecule has 0 unspecified atom stereocenters. The summed E-state index contributed by atoms with van der Waals surface area (Å²) in [6.45, 7) is 1.89. The lowest BCUT2D eigenvalue weighted by molar-refractivity contribution is 0.102. The van der Waals surface area contributed by atoms with E-state index in [1.807, 2.05) is 13.0 Å². The molecule has 0 aliphatic carbocycles. The van der Waals surface area contributed by atoms with Crippen molar-refractivity contribution in [1.29, 1.82) is 0 Å². The van der Waals surface area contributed by atoms with Gasteiger partial charge in [0.05, 0.1) is 11.3 Å². The number of hydrogen-bond acceptors (Lipinski definition) is 2. The van der Waals surface area contributed by atoms with E-state index in [0.717, 1.165) is 10.0 Å². The average molecular weight is 360 g/mol. The Morgan fingerprint density at radius 1 is 1.37 bits per heavy atom. The molecule has 0 radical (unpaired) electrons. The fraction of sp³-hybridized carbons (Fsp3) is 0.0769. The quantitative estimate of drug-likeness (QED) is 0.789. The van der Waals surface area contributed by atoms with Crippen molar-refractivity contribution in [3.05, 3.63) is 56.2 Å². The highest BCUT2D eigenvalue weighted by Crippen LogP contribution is 2.29. The number of benzene rings is 1. The van der Waals surface area contributed by atoms with E-state index >= 15 is 0 Å². The summed E-state index contributed by atoms with van der Waals surface area (Å²) < 4.78 is 0.753. The van der Waals surface area contributed by atoms with Crippen LogP contribution in [0.25, 0.3) is 0 Å². The topological polar surface area (TPSA) is 42.0 Å². The van der Waals surface area contributed by atoms with E-state index in [-0.39, 0.29) is 11.1 Å². The highest BCUT2D eigenvalue weighted by Gasteiger charge is 2.13. The Hall–Kier alpha value is -1.10. The number of carbonyl (C=O) groups excluding carboxylic acids is 1. The van der Waals surface area contributed by atoms with Gasteiger partial charge in [0.2, 0.25) is 0 Å². The van der Waals surface area contributed by atoms with Gasteiger partial charge in [-0.05, 0) is 52.7 Å². The van der Waals surface area contributed by atoms with Crippen molar-refractivity contribution in [1.82, 2.24) is 4.98 Å². The van der Waals surface area contributed by atoms with Crippen LogP contribution >= 0.6 is 39.1 Å². The summed E-state index contributed by atoms with van der Waals surface area (Å²) in [5, 5.41) is 3.48. The first-order chi connectivity index (χ1) is 8.99. The van der Waals surface area contributed by atoms with Crippen LogP contribution in [0.2, 0.25) is 10.2 Å². The SMILES string of the molecule is Cc1cc(Br)c(NC(=O)c2cccnc2Cl)cc1Cl.